The fraction of sp³-hybridized carbons (Fsp3) is 0.846. The lowest BCUT2D eigenvalue weighted by molar-refractivity contribution is -0.139. The Morgan fingerprint density at radius 1 is 1.50 bits per heavy atom. The van der Waals surface area contributed by atoms with E-state index in [0.29, 0.717) is 19.5 Å². The molecule has 1 aliphatic rings. The van der Waals surface area contributed by atoms with Gasteiger partial charge < -0.3 is 14.9 Å². The van der Waals surface area contributed by atoms with Crippen molar-refractivity contribution in [2.45, 2.75) is 39.2 Å². The maximum absolute atomic E-state index is 12.2. The molecule has 1 saturated heterocycles. The van der Waals surface area contributed by atoms with E-state index in [-0.39, 0.29) is 23.8 Å². The highest BCUT2D eigenvalue weighted by atomic mass is 16.3. The molecule has 0 aromatic carbocycles. The second-order valence-electron chi connectivity index (χ2n) is 5.20. The number of carbonyl (C=O) groups excluding carboxylic acids is 2. The summed E-state index contributed by atoms with van der Waals surface area (Å²) >= 11 is 0. The minimum atomic E-state index is -0.389. The molecule has 0 aromatic rings. The number of rotatable bonds is 4. The molecule has 1 rings (SSSR count). The van der Waals surface area contributed by atoms with Gasteiger partial charge in [0.05, 0.1) is 12.0 Å². The Morgan fingerprint density at radius 3 is 2.72 bits per heavy atom. The number of hydrogen-bond donors (Lipinski definition) is 1. The van der Waals surface area contributed by atoms with E-state index in [9.17, 15) is 14.7 Å². The number of hydrogen-bond acceptors (Lipinski definition) is 3. The lowest BCUT2D eigenvalue weighted by atomic mass is 9.96. The van der Waals surface area contributed by atoms with Gasteiger partial charge in [-0.1, -0.05) is 0 Å². The molecule has 5 heteroatoms. The van der Waals surface area contributed by atoms with Crippen molar-refractivity contribution in [1.82, 2.24) is 9.80 Å². The molecule has 2 unspecified atom stereocenters. The van der Waals surface area contributed by atoms with Crippen LogP contribution in [0.4, 0.5) is 0 Å². The Balaban J connectivity index is 2.47. The van der Waals surface area contributed by atoms with E-state index in [4.69, 9.17) is 0 Å². The van der Waals surface area contributed by atoms with Crippen LogP contribution in [0.1, 0.15) is 33.1 Å². The molecule has 0 bridgehead atoms. The molecule has 0 spiro atoms. The summed E-state index contributed by atoms with van der Waals surface area (Å²) in [4.78, 5) is 26.9. The zero-order valence-corrected chi connectivity index (χ0v) is 11.6. The van der Waals surface area contributed by atoms with E-state index in [1.165, 1.54) is 0 Å². The molecule has 0 aliphatic carbocycles. The molecule has 1 heterocycles. The van der Waals surface area contributed by atoms with Gasteiger partial charge in [0.1, 0.15) is 0 Å². The highest BCUT2D eigenvalue weighted by Gasteiger charge is 2.28. The highest BCUT2D eigenvalue weighted by molar-refractivity contribution is 5.80. The molecule has 1 aliphatic heterocycles. The molecule has 104 valence electrons. The zero-order valence-electron chi connectivity index (χ0n) is 11.6. The summed E-state index contributed by atoms with van der Waals surface area (Å²) in [7, 11) is 1.76. The van der Waals surface area contributed by atoms with Crippen molar-refractivity contribution in [2.24, 2.45) is 5.92 Å². The van der Waals surface area contributed by atoms with Crippen molar-refractivity contribution in [1.29, 1.82) is 0 Å². The monoisotopic (exact) mass is 256 g/mol. The van der Waals surface area contributed by atoms with Gasteiger partial charge in [0.15, 0.2) is 0 Å². The zero-order chi connectivity index (χ0) is 13.7. The largest absolute Gasteiger partial charge is 0.393 e. The average molecular weight is 256 g/mol. The Bertz CT molecular complexity index is 305. The minimum absolute atomic E-state index is 0.0409. The molecular weight excluding hydrogens is 232 g/mol. The van der Waals surface area contributed by atoms with Crippen LogP contribution in [0.15, 0.2) is 0 Å². The summed E-state index contributed by atoms with van der Waals surface area (Å²) < 4.78 is 0. The first-order chi connectivity index (χ1) is 8.41. The van der Waals surface area contributed by atoms with Crippen LogP contribution >= 0.6 is 0 Å². The van der Waals surface area contributed by atoms with Crippen molar-refractivity contribution in [2.75, 3.05) is 26.7 Å². The summed E-state index contributed by atoms with van der Waals surface area (Å²) in [6, 6.07) is 0. The van der Waals surface area contributed by atoms with Crippen LogP contribution in [0.5, 0.6) is 0 Å². The molecule has 5 nitrogen and oxygen atoms in total. The summed E-state index contributed by atoms with van der Waals surface area (Å²) in [5.74, 6) is 0.0439. The quantitative estimate of drug-likeness (QED) is 0.795. The molecule has 0 aromatic heterocycles. The van der Waals surface area contributed by atoms with Crippen molar-refractivity contribution in [3.05, 3.63) is 0 Å². The lowest BCUT2D eigenvalue weighted by Gasteiger charge is -2.33. The summed E-state index contributed by atoms with van der Waals surface area (Å²) in [5.41, 5.74) is 0. The van der Waals surface area contributed by atoms with E-state index >= 15 is 0 Å². The van der Waals surface area contributed by atoms with E-state index in [2.05, 4.69) is 0 Å². The first-order valence-electron chi connectivity index (χ1n) is 6.60. The van der Waals surface area contributed by atoms with Crippen molar-refractivity contribution in [3.8, 4) is 0 Å². The van der Waals surface area contributed by atoms with E-state index < -0.39 is 0 Å². The Hall–Kier alpha value is -1.10. The van der Waals surface area contributed by atoms with Crippen LogP contribution in [0.25, 0.3) is 0 Å². The number of amides is 2. The molecule has 1 N–H and O–H groups in total. The maximum atomic E-state index is 12.2. The summed E-state index contributed by atoms with van der Waals surface area (Å²) in [6.45, 7) is 5.12. The Morgan fingerprint density at radius 2 is 2.17 bits per heavy atom. The smallest absolute Gasteiger partial charge is 0.227 e. The Kier molecular flexibility index (Phi) is 5.59. The molecule has 2 atom stereocenters. The standard InChI is InChI=1S/C13H24N2O3/c1-10(16)6-8-14(3)13(18)12-5-4-7-15(9-12)11(2)17/h10,12,16H,4-9H2,1-3H3. The van der Waals surface area contributed by atoms with Gasteiger partial charge in [0, 0.05) is 33.6 Å². The van der Waals surface area contributed by atoms with Crippen LogP contribution in [-0.2, 0) is 9.59 Å². The SMILES string of the molecule is CC(=O)N1CCCC(C(=O)N(C)CCC(C)O)C1. The third-order valence-electron chi connectivity index (χ3n) is 3.47. The van der Waals surface area contributed by atoms with Crippen LogP contribution in [0, 0.1) is 5.92 Å². The second kappa shape index (κ2) is 6.73. The third-order valence-corrected chi connectivity index (χ3v) is 3.47. The maximum Gasteiger partial charge on any atom is 0.227 e. The fourth-order valence-corrected chi connectivity index (χ4v) is 2.27. The van der Waals surface area contributed by atoms with Crippen LogP contribution in [-0.4, -0.2) is 59.5 Å². The minimum Gasteiger partial charge on any atom is -0.393 e. The molecule has 1 fully saturated rings. The van der Waals surface area contributed by atoms with Gasteiger partial charge >= 0.3 is 0 Å². The molecule has 0 radical (unpaired) electrons. The summed E-state index contributed by atoms with van der Waals surface area (Å²) in [5, 5.41) is 9.22. The first kappa shape index (κ1) is 15.0. The Labute approximate surface area is 109 Å². The third kappa shape index (κ3) is 4.29. The van der Waals surface area contributed by atoms with Crippen molar-refractivity contribution >= 4 is 11.8 Å². The molecular formula is C13H24N2O3. The number of aliphatic hydroxyl groups is 1. The van der Waals surface area contributed by atoms with Gasteiger partial charge in [-0.2, -0.15) is 0 Å². The fourth-order valence-electron chi connectivity index (χ4n) is 2.27. The van der Waals surface area contributed by atoms with Gasteiger partial charge in [-0.15, -0.1) is 0 Å². The molecule has 0 saturated carbocycles. The predicted molar refractivity (Wildman–Crippen MR) is 68.9 cm³/mol. The number of piperidine rings is 1. The number of carbonyl (C=O) groups is 2. The number of nitrogens with zero attached hydrogens (tertiary/aromatic N) is 2. The number of likely N-dealkylation sites (tertiary alicyclic amines) is 1. The van der Waals surface area contributed by atoms with E-state index in [1.807, 2.05) is 0 Å². The lowest BCUT2D eigenvalue weighted by Crippen LogP contribution is -2.45. The van der Waals surface area contributed by atoms with Crippen molar-refractivity contribution < 1.29 is 14.7 Å². The van der Waals surface area contributed by atoms with Crippen LogP contribution < -0.4 is 0 Å². The molecule has 2 amide bonds. The van der Waals surface area contributed by atoms with Gasteiger partial charge in [-0.3, -0.25) is 9.59 Å². The number of aliphatic hydroxyl groups excluding tert-OH is 1. The van der Waals surface area contributed by atoms with Gasteiger partial charge in [0.25, 0.3) is 0 Å². The second-order valence-corrected chi connectivity index (χ2v) is 5.20. The van der Waals surface area contributed by atoms with E-state index in [0.717, 1.165) is 19.4 Å². The van der Waals surface area contributed by atoms with Gasteiger partial charge in [0.2, 0.25) is 11.8 Å². The highest BCUT2D eigenvalue weighted by Crippen LogP contribution is 2.18. The normalized spacial score (nSPS) is 21.6. The van der Waals surface area contributed by atoms with Crippen LogP contribution in [0.3, 0.4) is 0 Å². The van der Waals surface area contributed by atoms with Gasteiger partial charge in [-0.05, 0) is 26.2 Å². The predicted octanol–water partition coefficient (Wildman–Crippen LogP) is 0.474. The van der Waals surface area contributed by atoms with Crippen LogP contribution in [0.2, 0.25) is 0 Å². The average Bonchev–Trinajstić information content (AvgIpc) is 2.35. The topological polar surface area (TPSA) is 60.9 Å². The first-order valence-corrected chi connectivity index (χ1v) is 6.60. The van der Waals surface area contributed by atoms with E-state index in [1.54, 1.807) is 30.7 Å². The van der Waals surface area contributed by atoms with Crippen molar-refractivity contribution in [3.63, 3.8) is 0 Å². The summed E-state index contributed by atoms with van der Waals surface area (Å²) in [6.07, 6.45) is 1.94. The molecule has 18 heavy (non-hydrogen) atoms. The van der Waals surface area contributed by atoms with Gasteiger partial charge in [-0.25, -0.2) is 0 Å².